The van der Waals surface area contributed by atoms with Crippen LogP contribution in [0.3, 0.4) is 0 Å². The lowest BCUT2D eigenvalue weighted by molar-refractivity contribution is 0.103. The van der Waals surface area contributed by atoms with Crippen LogP contribution in [-0.4, -0.2) is 15.6 Å². The summed E-state index contributed by atoms with van der Waals surface area (Å²) in [5, 5.41) is 4.20. The molecule has 2 heterocycles. The van der Waals surface area contributed by atoms with Gasteiger partial charge in [-0.2, -0.15) is 5.10 Å². The Morgan fingerprint density at radius 1 is 1.32 bits per heavy atom. The zero-order chi connectivity index (χ0) is 13.2. The molecule has 0 atom stereocenters. The first-order valence-electron chi connectivity index (χ1n) is 6.54. The Kier molecular flexibility index (Phi) is 3.17. The number of nitrogens with zero attached hydrogens (tertiary/aromatic N) is 2. The van der Waals surface area contributed by atoms with Gasteiger partial charge in [-0.15, -0.1) is 0 Å². The van der Waals surface area contributed by atoms with E-state index in [0.29, 0.717) is 24.3 Å². The van der Waals surface area contributed by atoms with E-state index in [4.69, 9.17) is 4.74 Å². The molecule has 1 aliphatic heterocycles. The molecule has 2 aromatic rings. The van der Waals surface area contributed by atoms with Crippen molar-refractivity contribution in [1.29, 1.82) is 0 Å². The summed E-state index contributed by atoms with van der Waals surface area (Å²) in [6.45, 7) is 4.18. The lowest BCUT2D eigenvalue weighted by Crippen LogP contribution is -2.01. The molecule has 0 N–H and O–H groups in total. The Hall–Kier alpha value is -1.94. The number of carbonyl (C=O) groups is 1. The third kappa shape index (κ3) is 2.31. The molecular weight excluding hydrogens is 240 g/mol. The minimum absolute atomic E-state index is 0.0250. The number of aryl methyl sites for hydroxylation is 1. The van der Waals surface area contributed by atoms with Gasteiger partial charge in [-0.1, -0.05) is 19.1 Å². The van der Waals surface area contributed by atoms with E-state index in [0.717, 1.165) is 18.5 Å². The van der Waals surface area contributed by atoms with Crippen molar-refractivity contribution >= 4 is 5.78 Å². The summed E-state index contributed by atoms with van der Waals surface area (Å²) in [7, 11) is 0. The maximum Gasteiger partial charge on any atom is 0.196 e. The first-order valence-corrected chi connectivity index (χ1v) is 6.54. The van der Waals surface area contributed by atoms with E-state index in [1.54, 1.807) is 6.20 Å². The first-order chi connectivity index (χ1) is 9.28. The molecule has 0 fully saturated rings. The number of ketones is 1. The summed E-state index contributed by atoms with van der Waals surface area (Å²) >= 11 is 0. The van der Waals surface area contributed by atoms with Crippen LogP contribution in [0, 0.1) is 0 Å². The van der Waals surface area contributed by atoms with Crippen LogP contribution in [0.2, 0.25) is 0 Å². The van der Waals surface area contributed by atoms with Gasteiger partial charge in [-0.25, -0.2) is 0 Å². The molecule has 1 aromatic heterocycles. The van der Waals surface area contributed by atoms with E-state index in [-0.39, 0.29) is 5.78 Å². The molecule has 19 heavy (non-hydrogen) atoms. The molecule has 0 unspecified atom stereocenters. The van der Waals surface area contributed by atoms with Gasteiger partial charge in [0.2, 0.25) is 0 Å². The molecule has 0 saturated heterocycles. The van der Waals surface area contributed by atoms with Crippen molar-refractivity contribution in [1.82, 2.24) is 9.78 Å². The van der Waals surface area contributed by atoms with Gasteiger partial charge in [-0.05, 0) is 23.6 Å². The average molecular weight is 256 g/mol. The van der Waals surface area contributed by atoms with Gasteiger partial charge in [0, 0.05) is 18.3 Å². The van der Waals surface area contributed by atoms with Crippen LogP contribution in [0.5, 0.6) is 0 Å². The van der Waals surface area contributed by atoms with Crippen LogP contribution in [0.4, 0.5) is 0 Å². The fourth-order valence-corrected chi connectivity index (χ4v) is 2.31. The monoisotopic (exact) mass is 256 g/mol. The molecule has 0 bridgehead atoms. The van der Waals surface area contributed by atoms with Gasteiger partial charge in [-0.3, -0.25) is 9.48 Å². The summed E-state index contributed by atoms with van der Waals surface area (Å²) in [5.41, 5.74) is 3.65. The lowest BCUT2D eigenvalue weighted by Gasteiger charge is -2.01. The molecule has 1 aromatic carbocycles. The zero-order valence-electron chi connectivity index (χ0n) is 10.9. The van der Waals surface area contributed by atoms with Gasteiger partial charge in [0.1, 0.15) is 0 Å². The molecular formula is C15H16N2O2. The second-order valence-corrected chi connectivity index (χ2v) is 4.80. The summed E-state index contributed by atoms with van der Waals surface area (Å²) < 4.78 is 7.17. The van der Waals surface area contributed by atoms with Gasteiger partial charge in [0.05, 0.1) is 25.0 Å². The highest BCUT2D eigenvalue weighted by Crippen LogP contribution is 2.22. The number of hydrogen-bond donors (Lipinski definition) is 0. The van der Waals surface area contributed by atoms with Crippen LogP contribution in [-0.2, 0) is 24.5 Å². The second kappa shape index (κ2) is 4.97. The SMILES string of the molecule is CCCn1cc(C(=O)c2ccc3c(c2)COC3)cn1. The molecule has 4 heteroatoms. The van der Waals surface area contributed by atoms with Crippen LogP contribution < -0.4 is 0 Å². The molecule has 0 saturated carbocycles. The fraction of sp³-hybridized carbons (Fsp3) is 0.333. The number of rotatable bonds is 4. The minimum Gasteiger partial charge on any atom is -0.372 e. The van der Waals surface area contributed by atoms with Crippen molar-refractivity contribution in [3.63, 3.8) is 0 Å². The number of aromatic nitrogens is 2. The largest absolute Gasteiger partial charge is 0.372 e. The maximum atomic E-state index is 12.4. The zero-order valence-corrected chi connectivity index (χ0v) is 10.9. The van der Waals surface area contributed by atoms with Gasteiger partial charge in [0.15, 0.2) is 5.78 Å². The van der Waals surface area contributed by atoms with Crippen molar-refractivity contribution < 1.29 is 9.53 Å². The van der Waals surface area contributed by atoms with Crippen LogP contribution in [0.1, 0.15) is 40.4 Å². The third-order valence-electron chi connectivity index (χ3n) is 3.33. The van der Waals surface area contributed by atoms with E-state index in [1.807, 2.05) is 29.1 Å². The highest BCUT2D eigenvalue weighted by molar-refractivity contribution is 6.08. The lowest BCUT2D eigenvalue weighted by atomic mass is 10.0. The van der Waals surface area contributed by atoms with E-state index < -0.39 is 0 Å². The molecule has 4 nitrogen and oxygen atoms in total. The Morgan fingerprint density at radius 2 is 2.16 bits per heavy atom. The minimum atomic E-state index is 0.0250. The van der Waals surface area contributed by atoms with E-state index in [9.17, 15) is 4.79 Å². The predicted molar refractivity (Wildman–Crippen MR) is 70.9 cm³/mol. The normalized spacial score (nSPS) is 13.5. The van der Waals surface area contributed by atoms with E-state index in [2.05, 4.69) is 12.0 Å². The molecule has 0 aliphatic carbocycles. The fourth-order valence-electron chi connectivity index (χ4n) is 2.31. The summed E-state index contributed by atoms with van der Waals surface area (Å²) in [6.07, 6.45) is 4.46. The predicted octanol–water partition coefficient (Wildman–Crippen LogP) is 2.55. The van der Waals surface area contributed by atoms with Crippen molar-refractivity contribution in [2.24, 2.45) is 0 Å². The van der Waals surface area contributed by atoms with Gasteiger partial charge in [0.25, 0.3) is 0 Å². The van der Waals surface area contributed by atoms with Crippen LogP contribution in [0.15, 0.2) is 30.6 Å². The number of hydrogen-bond acceptors (Lipinski definition) is 3. The highest BCUT2D eigenvalue weighted by Gasteiger charge is 2.16. The van der Waals surface area contributed by atoms with E-state index in [1.165, 1.54) is 5.56 Å². The molecule has 0 amide bonds. The average Bonchev–Trinajstić information content (AvgIpc) is 3.05. The second-order valence-electron chi connectivity index (χ2n) is 4.80. The number of carbonyl (C=O) groups excluding carboxylic acids is 1. The molecule has 3 rings (SSSR count). The molecule has 0 radical (unpaired) electrons. The Balaban J connectivity index is 1.86. The summed E-state index contributed by atoms with van der Waals surface area (Å²) in [6, 6.07) is 5.78. The molecule has 98 valence electrons. The first kappa shape index (κ1) is 12.1. The number of ether oxygens (including phenoxy) is 1. The molecule has 1 aliphatic rings. The third-order valence-corrected chi connectivity index (χ3v) is 3.33. The van der Waals surface area contributed by atoms with Crippen molar-refractivity contribution in [3.05, 3.63) is 52.8 Å². The van der Waals surface area contributed by atoms with Crippen LogP contribution >= 0.6 is 0 Å². The molecule has 0 spiro atoms. The summed E-state index contributed by atoms with van der Waals surface area (Å²) in [4.78, 5) is 12.4. The number of benzene rings is 1. The number of fused-ring (bicyclic) bond motifs is 1. The highest BCUT2D eigenvalue weighted by atomic mass is 16.5. The Labute approximate surface area is 112 Å². The topological polar surface area (TPSA) is 44.1 Å². The quantitative estimate of drug-likeness (QED) is 0.790. The summed E-state index contributed by atoms with van der Waals surface area (Å²) in [5.74, 6) is 0.0250. The van der Waals surface area contributed by atoms with Crippen molar-refractivity contribution in [2.45, 2.75) is 33.1 Å². The smallest absolute Gasteiger partial charge is 0.196 e. The van der Waals surface area contributed by atoms with E-state index >= 15 is 0 Å². The van der Waals surface area contributed by atoms with Gasteiger partial charge < -0.3 is 4.74 Å². The van der Waals surface area contributed by atoms with Crippen LogP contribution in [0.25, 0.3) is 0 Å². The standard InChI is InChI=1S/C15H16N2O2/c1-2-5-17-8-14(7-16-17)15(18)11-3-4-12-9-19-10-13(12)6-11/h3-4,6-8H,2,5,9-10H2,1H3. The van der Waals surface area contributed by atoms with Crippen molar-refractivity contribution in [2.75, 3.05) is 0 Å². The maximum absolute atomic E-state index is 12.4. The van der Waals surface area contributed by atoms with Gasteiger partial charge >= 0.3 is 0 Å². The Bertz CT molecular complexity index is 616. The Morgan fingerprint density at radius 3 is 3.00 bits per heavy atom. The van der Waals surface area contributed by atoms with Crippen molar-refractivity contribution in [3.8, 4) is 0 Å².